The van der Waals surface area contributed by atoms with E-state index in [1.807, 2.05) is 34.0 Å². The molecule has 0 bridgehead atoms. The number of carbonyl (C=O) groups is 3. The van der Waals surface area contributed by atoms with E-state index in [1.165, 1.54) is 0 Å². The summed E-state index contributed by atoms with van der Waals surface area (Å²) in [6.45, 7) is 4.59. The van der Waals surface area contributed by atoms with Crippen molar-refractivity contribution in [3.8, 4) is 0 Å². The van der Waals surface area contributed by atoms with E-state index in [9.17, 15) is 14.4 Å². The summed E-state index contributed by atoms with van der Waals surface area (Å²) >= 11 is 0. The predicted molar refractivity (Wildman–Crippen MR) is 125 cm³/mol. The Morgan fingerprint density at radius 3 is 2.44 bits per heavy atom. The molecule has 8 heteroatoms. The number of hydrogen-bond acceptors (Lipinski definition) is 5. The number of nitrogens with zero attached hydrogens (tertiary/aromatic N) is 1. The molecule has 0 spiro atoms. The first-order valence-electron chi connectivity index (χ1n) is 10.6. The Hall–Kier alpha value is -3.23. The van der Waals surface area contributed by atoms with E-state index in [2.05, 4.69) is 16.0 Å². The van der Waals surface area contributed by atoms with E-state index >= 15 is 0 Å². The van der Waals surface area contributed by atoms with Gasteiger partial charge in [-0.15, -0.1) is 0 Å². The molecule has 1 heterocycles. The smallest absolute Gasteiger partial charge is 0.255 e. The first-order valence-corrected chi connectivity index (χ1v) is 10.6. The van der Waals surface area contributed by atoms with Crippen molar-refractivity contribution in [1.82, 2.24) is 4.90 Å². The van der Waals surface area contributed by atoms with Crippen LogP contribution >= 0.6 is 0 Å². The SMILES string of the molecule is Cc1ccc(NC(=O)CN(C)C)c(NC(=O)c2ccc(C)c(NC(=O)C3CCCO3)c2)c1. The second-order valence-electron chi connectivity index (χ2n) is 8.31. The Bertz CT molecular complexity index is 1010. The van der Waals surface area contributed by atoms with Crippen LogP contribution < -0.4 is 16.0 Å². The molecule has 3 N–H and O–H groups in total. The number of anilines is 3. The number of likely N-dealkylation sites (N-methyl/N-ethyl adjacent to an activating group) is 1. The van der Waals surface area contributed by atoms with Gasteiger partial charge in [-0.1, -0.05) is 12.1 Å². The molecule has 1 aliphatic rings. The highest BCUT2D eigenvalue weighted by Gasteiger charge is 2.24. The van der Waals surface area contributed by atoms with Gasteiger partial charge in [-0.3, -0.25) is 14.4 Å². The van der Waals surface area contributed by atoms with Gasteiger partial charge in [0.25, 0.3) is 11.8 Å². The second-order valence-corrected chi connectivity index (χ2v) is 8.31. The highest BCUT2D eigenvalue weighted by Crippen LogP contribution is 2.25. The molecule has 0 radical (unpaired) electrons. The molecular weight excluding hydrogens is 408 g/mol. The fourth-order valence-electron chi connectivity index (χ4n) is 3.44. The van der Waals surface area contributed by atoms with E-state index in [1.54, 1.807) is 35.2 Å². The standard InChI is InChI=1S/C24H30N4O4/c1-15-7-10-18(25-22(29)14-28(3)4)20(12-15)27-23(30)17-9-8-16(2)19(13-17)26-24(31)21-6-5-11-32-21/h7-10,12-13,21H,5-6,11,14H2,1-4H3,(H,25,29)(H,26,31)(H,27,30). The largest absolute Gasteiger partial charge is 0.368 e. The van der Waals surface area contributed by atoms with E-state index < -0.39 is 6.10 Å². The first-order chi connectivity index (χ1) is 15.2. The van der Waals surface area contributed by atoms with Gasteiger partial charge in [0.1, 0.15) is 6.10 Å². The second kappa shape index (κ2) is 10.4. The van der Waals surface area contributed by atoms with Crippen LogP contribution in [-0.4, -0.2) is 56.0 Å². The van der Waals surface area contributed by atoms with Gasteiger partial charge in [0, 0.05) is 17.9 Å². The highest BCUT2D eigenvalue weighted by atomic mass is 16.5. The molecule has 2 aromatic carbocycles. The van der Waals surface area contributed by atoms with Crippen LogP contribution in [0.15, 0.2) is 36.4 Å². The van der Waals surface area contributed by atoms with Gasteiger partial charge in [0.05, 0.1) is 17.9 Å². The lowest BCUT2D eigenvalue weighted by atomic mass is 10.1. The Balaban J connectivity index is 1.76. The van der Waals surface area contributed by atoms with Gasteiger partial charge < -0.3 is 25.6 Å². The van der Waals surface area contributed by atoms with Crippen molar-refractivity contribution in [2.45, 2.75) is 32.8 Å². The van der Waals surface area contributed by atoms with Crippen molar-refractivity contribution in [2.75, 3.05) is 43.2 Å². The molecule has 1 unspecified atom stereocenters. The van der Waals surface area contributed by atoms with Crippen LogP contribution in [0.4, 0.5) is 17.1 Å². The fraction of sp³-hybridized carbons (Fsp3) is 0.375. The summed E-state index contributed by atoms with van der Waals surface area (Å²) in [6.07, 6.45) is 1.11. The minimum absolute atomic E-state index is 0.177. The van der Waals surface area contributed by atoms with E-state index in [0.717, 1.165) is 17.5 Å². The number of nitrogens with one attached hydrogen (secondary N) is 3. The average Bonchev–Trinajstić information content (AvgIpc) is 3.26. The van der Waals surface area contributed by atoms with Crippen LogP contribution in [0.1, 0.15) is 34.3 Å². The van der Waals surface area contributed by atoms with E-state index in [4.69, 9.17) is 4.74 Å². The molecular formula is C24H30N4O4. The van der Waals surface area contributed by atoms with Crippen LogP contribution in [0.5, 0.6) is 0 Å². The molecule has 0 saturated carbocycles. The quantitative estimate of drug-likeness (QED) is 0.617. The number of aryl methyl sites for hydroxylation is 2. The van der Waals surface area contributed by atoms with Crippen molar-refractivity contribution in [1.29, 1.82) is 0 Å². The van der Waals surface area contributed by atoms with Crippen LogP contribution in [-0.2, 0) is 14.3 Å². The lowest BCUT2D eigenvalue weighted by Gasteiger charge is -2.16. The minimum Gasteiger partial charge on any atom is -0.368 e. The molecule has 8 nitrogen and oxygen atoms in total. The molecule has 0 aromatic heterocycles. The Morgan fingerprint density at radius 2 is 1.75 bits per heavy atom. The summed E-state index contributed by atoms with van der Waals surface area (Å²) in [5.74, 6) is -0.720. The molecule has 1 aliphatic heterocycles. The van der Waals surface area contributed by atoms with Crippen LogP contribution in [0, 0.1) is 13.8 Å². The van der Waals surface area contributed by atoms with E-state index in [0.29, 0.717) is 35.7 Å². The summed E-state index contributed by atoms with van der Waals surface area (Å²) in [5.41, 5.74) is 3.79. The van der Waals surface area contributed by atoms with E-state index in [-0.39, 0.29) is 24.3 Å². The molecule has 1 fully saturated rings. The monoisotopic (exact) mass is 438 g/mol. The molecule has 1 atom stereocenters. The number of benzene rings is 2. The molecule has 1 saturated heterocycles. The van der Waals surface area contributed by atoms with Gasteiger partial charge in [0.15, 0.2) is 0 Å². The summed E-state index contributed by atoms with van der Waals surface area (Å²) < 4.78 is 5.43. The first kappa shape index (κ1) is 23.4. The number of ether oxygens (including phenoxy) is 1. The summed E-state index contributed by atoms with van der Waals surface area (Å²) in [4.78, 5) is 39.4. The van der Waals surface area contributed by atoms with Gasteiger partial charge >= 0.3 is 0 Å². The third-order valence-corrected chi connectivity index (χ3v) is 5.14. The van der Waals surface area contributed by atoms with Gasteiger partial charge in [0.2, 0.25) is 5.91 Å². The molecule has 3 rings (SSSR count). The number of carbonyl (C=O) groups excluding carboxylic acids is 3. The van der Waals surface area contributed by atoms with Crippen molar-refractivity contribution >= 4 is 34.8 Å². The zero-order valence-electron chi connectivity index (χ0n) is 19.0. The average molecular weight is 439 g/mol. The number of amides is 3. The maximum Gasteiger partial charge on any atom is 0.255 e. The maximum atomic E-state index is 13.0. The Kier molecular flexibility index (Phi) is 7.61. The predicted octanol–water partition coefficient (Wildman–Crippen LogP) is 3.17. The van der Waals surface area contributed by atoms with Gasteiger partial charge in [-0.25, -0.2) is 0 Å². The molecule has 3 amide bonds. The Morgan fingerprint density at radius 1 is 0.969 bits per heavy atom. The van der Waals surface area contributed by atoms with Crippen LogP contribution in [0.25, 0.3) is 0 Å². The van der Waals surface area contributed by atoms with Crippen molar-refractivity contribution < 1.29 is 19.1 Å². The van der Waals surface area contributed by atoms with Crippen LogP contribution in [0.2, 0.25) is 0 Å². The lowest BCUT2D eigenvalue weighted by molar-refractivity contribution is -0.124. The third kappa shape index (κ3) is 6.15. The number of hydrogen-bond donors (Lipinski definition) is 3. The molecule has 0 aliphatic carbocycles. The van der Waals surface area contributed by atoms with Crippen molar-refractivity contribution in [3.05, 3.63) is 53.1 Å². The normalized spacial score (nSPS) is 15.5. The summed E-state index contributed by atoms with van der Waals surface area (Å²) in [5, 5.41) is 8.58. The Labute approximate surface area is 188 Å². The van der Waals surface area contributed by atoms with Gasteiger partial charge in [-0.05, 0) is 76.2 Å². The lowest BCUT2D eigenvalue weighted by Crippen LogP contribution is -2.28. The summed E-state index contributed by atoms with van der Waals surface area (Å²) in [7, 11) is 3.62. The molecule has 32 heavy (non-hydrogen) atoms. The van der Waals surface area contributed by atoms with Gasteiger partial charge in [-0.2, -0.15) is 0 Å². The zero-order chi connectivity index (χ0) is 23.3. The van der Waals surface area contributed by atoms with Crippen molar-refractivity contribution in [3.63, 3.8) is 0 Å². The van der Waals surface area contributed by atoms with Crippen molar-refractivity contribution in [2.24, 2.45) is 0 Å². The highest BCUT2D eigenvalue weighted by molar-refractivity contribution is 6.08. The third-order valence-electron chi connectivity index (χ3n) is 5.14. The molecule has 170 valence electrons. The van der Waals surface area contributed by atoms with Crippen LogP contribution in [0.3, 0.4) is 0 Å². The minimum atomic E-state index is -0.451. The topological polar surface area (TPSA) is 99.8 Å². The molecule has 2 aromatic rings. The maximum absolute atomic E-state index is 13.0. The number of rotatable bonds is 7. The fourth-order valence-corrected chi connectivity index (χ4v) is 3.44. The summed E-state index contributed by atoms with van der Waals surface area (Å²) in [6, 6.07) is 10.6. The zero-order valence-corrected chi connectivity index (χ0v) is 19.0.